The summed E-state index contributed by atoms with van der Waals surface area (Å²) in [5, 5.41) is 2.95. The van der Waals surface area contributed by atoms with Gasteiger partial charge in [0.2, 0.25) is 17.7 Å². The highest BCUT2D eigenvalue weighted by molar-refractivity contribution is 6.02. The zero-order valence-corrected chi connectivity index (χ0v) is 16.3. The van der Waals surface area contributed by atoms with Crippen molar-refractivity contribution in [1.29, 1.82) is 0 Å². The van der Waals surface area contributed by atoms with Crippen LogP contribution in [0.5, 0.6) is 0 Å². The molecule has 1 saturated heterocycles. The number of hydrogen-bond acceptors (Lipinski definition) is 3. The Morgan fingerprint density at radius 1 is 1.10 bits per heavy atom. The first-order valence-electron chi connectivity index (χ1n) is 9.80. The van der Waals surface area contributed by atoms with Crippen LogP contribution in [0, 0.1) is 0 Å². The largest absolute Gasteiger partial charge is 0.324 e. The molecular weight excluding hydrogens is 366 g/mol. The van der Waals surface area contributed by atoms with Crippen molar-refractivity contribution in [2.24, 2.45) is 0 Å². The van der Waals surface area contributed by atoms with Gasteiger partial charge in [-0.3, -0.25) is 14.4 Å². The topological polar surface area (TPSA) is 69.7 Å². The van der Waals surface area contributed by atoms with Gasteiger partial charge in [-0.25, -0.2) is 0 Å². The first-order chi connectivity index (χ1) is 14.0. The zero-order chi connectivity index (χ0) is 20.4. The lowest BCUT2D eigenvalue weighted by molar-refractivity contribution is -0.129. The van der Waals surface area contributed by atoms with Crippen molar-refractivity contribution in [3.8, 4) is 0 Å². The molecule has 1 N–H and O–H groups in total. The number of rotatable bonds is 4. The van der Waals surface area contributed by atoms with E-state index in [4.69, 9.17) is 0 Å². The summed E-state index contributed by atoms with van der Waals surface area (Å²) in [6.45, 7) is 2.15. The Labute approximate surface area is 169 Å². The maximum atomic E-state index is 12.9. The van der Waals surface area contributed by atoms with Crippen molar-refractivity contribution in [2.45, 2.75) is 32.2 Å². The van der Waals surface area contributed by atoms with Gasteiger partial charge >= 0.3 is 0 Å². The zero-order valence-electron chi connectivity index (χ0n) is 16.3. The number of nitrogens with one attached hydrogen (secondary N) is 1. The van der Waals surface area contributed by atoms with Crippen molar-refractivity contribution in [1.82, 2.24) is 4.90 Å². The molecule has 1 fully saturated rings. The minimum atomic E-state index is -0.366. The highest BCUT2D eigenvalue weighted by Gasteiger charge is 2.29. The van der Waals surface area contributed by atoms with Crippen LogP contribution in [0.15, 0.2) is 54.7 Å². The summed E-state index contributed by atoms with van der Waals surface area (Å²) >= 11 is 0. The Kier molecular flexibility index (Phi) is 5.16. The minimum absolute atomic E-state index is 0.0702. The van der Waals surface area contributed by atoms with Crippen molar-refractivity contribution < 1.29 is 14.4 Å². The van der Waals surface area contributed by atoms with Gasteiger partial charge in [0.1, 0.15) is 0 Å². The summed E-state index contributed by atoms with van der Waals surface area (Å²) in [5.41, 5.74) is 3.28. The van der Waals surface area contributed by atoms with Gasteiger partial charge in [-0.05, 0) is 35.8 Å². The number of amides is 3. The second kappa shape index (κ2) is 7.91. The van der Waals surface area contributed by atoms with Gasteiger partial charge in [-0.15, -0.1) is 0 Å². The predicted octanol–water partition coefficient (Wildman–Crippen LogP) is 3.72. The quantitative estimate of drug-likeness (QED) is 0.867. The molecule has 29 heavy (non-hydrogen) atoms. The van der Waals surface area contributed by atoms with Crippen LogP contribution in [0.3, 0.4) is 0 Å². The maximum Gasteiger partial charge on any atom is 0.227 e. The Balaban J connectivity index is 1.56. The molecule has 2 aliphatic heterocycles. The molecule has 2 aromatic rings. The molecule has 3 amide bonds. The molecule has 4 rings (SSSR count). The van der Waals surface area contributed by atoms with E-state index < -0.39 is 0 Å². The molecule has 1 atom stereocenters. The fourth-order valence-corrected chi connectivity index (χ4v) is 4.01. The third kappa shape index (κ3) is 3.78. The molecule has 0 bridgehead atoms. The summed E-state index contributed by atoms with van der Waals surface area (Å²) in [4.78, 5) is 40.5. The van der Waals surface area contributed by atoms with Crippen LogP contribution in [0.25, 0.3) is 6.08 Å². The van der Waals surface area contributed by atoms with E-state index in [2.05, 4.69) is 5.32 Å². The number of fused-ring (bicyclic) bond motifs is 1. The van der Waals surface area contributed by atoms with Crippen molar-refractivity contribution in [2.75, 3.05) is 16.8 Å². The normalized spacial score (nSPS) is 18.0. The molecule has 6 heteroatoms. The van der Waals surface area contributed by atoms with Crippen LogP contribution < -0.4 is 10.2 Å². The van der Waals surface area contributed by atoms with Crippen LogP contribution in [-0.4, -0.2) is 29.2 Å². The Hall–Kier alpha value is -3.41. The van der Waals surface area contributed by atoms with Crippen molar-refractivity contribution in [3.05, 3.63) is 65.9 Å². The molecule has 0 spiro atoms. The lowest BCUT2D eigenvalue weighted by Gasteiger charge is -2.32. The average molecular weight is 389 g/mol. The SMILES string of the molecule is CC(=O)N1C=Cc2ccccc2[C@H]1CC(=O)Nc1ccccc1N1CCCC1=O. The Morgan fingerprint density at radius 3 is 2.62 bits per heavy atom. The number of carbonyl (C=O) groups excluding carboxylic acids is 3. The number of para-hydroxylation sites is 2. The van der Waals surface area contributed by atoms with Crippen molar-refractivity contribution in [3.63, 3.8) is 0 Å². The first kappa shape index (κ1) is 18.9. The molecular formula is C23H23N3O3. The molecule has 2 heterocycles. The van der Waals surface area contributed by atoms with Crippen LogP contribution in [-0.2, 0) is 14.4 Å². The summed E-state index contributed by atoms with van der Waals surface area (Å²) < 4.78 is 0. The molecule has 6 nitrogen and oxygen atoms in total. The molecule has 2 aromatic carbocycles. The number of benzene rings is 2. The van der Waals surface area contributed by atoms with Gasteiger partial charge in [-0.2, -0.15) is 0 Å². The monoisotopic (exact) mass is 389 g/mol. The van der Waals surface area contributed by atoms with E-state index in [1.807, 2.05) is 48.5 Å². The van der Waals surface area contributed by atoms with E-state index in [1.165, 1.54) is 6.92 Å². The molecule has 0 aliphatic carbocycles. The molecule has 0 aromatic heterocycles. The van der Waals surface area contributed by atoms with Crippen LogP contribution >= 0.6 is 0 Å². The second-order valence-electron chi connectivity index (χ2n) is 7.31. The summed E-state index contributed by atoms with van der Waals surface area (Å²) in [6, 6.07) is 14.7. The molecule has 148 valence electrons. The van der Waals surface area contributed by atoms with E-state index in [9.17, 15) is 14.4 Å². The maximum absolute atomic E-state index is 12.9. The number of carbonyl (C=O) groups is 3. The van der Waals surface area contributed by atoms with Crippen molar-refractivity contribution >= 4 is 35.2 Å². The molecule has 2 aliphatic rings. The van der Waals surface area contributed by atoms with E-state index in [0.717, 1.165) is 23.2 Å². The van der Waals surface area contributed by atoms with Gasteiger partial charge in [0, 0.05) is 26.1 Å². The van der Waals surface area contributed by atoms with E-state index >= 15 is 0 Å². The summed E-state index contributed by atoms with van der Waals surface area (Å²) in [6.07, 6.45) is 5.10. The Morgan fingerprint density at radius 2 is 1.86 bits per heavy atom. The molecule has 0 saturated carbocycles. The first-order valence-corrected chi connectivity index (χ1v) is 9.80. The second-order valence-corrected chi connectivity index (χ2v) is 7.31. The van der Waals surface area contributed by atoms with Gasteiger partial charge < -0.3 is 15.1 Å². The number of anilines is 2. The average Bonchev–Trinajstić information content (AvgIpc) is 3.14. The van der Waals surface area contributed by atoms with Crippen LogP contribution in [0.4, 0.5) is 11.4 Å². The van der Waals surface area contributed by atoms with Crippen LogP contribution in [0.1, 0.15) is 43.4 Å². The molecule has 0 unspecified atom stereocenters. The Bertz CT molecular complexity index is 998. The number of hydrogen-bond donors (Lipinski definition) is 1. The van der Waals surface area contributed by atoms with Gasteiger partial charge in [-0.1, -0.05) is 36.4 Å². The smallest absolute Gasteiger partial charge is 0.227 e. The molecule has 0 radical (unpaired) electrons. The number of nitrogens with zero attached hydrogens (tertiary/aromatic N) is 2. The lowest BCUT2D eigenvalue weighted by Crippen LogP contribution is -2.33. The standard InChI is InChI=1S/C23H23N3O3/c1-16(27)25-14-12-17-7-2-3-8-18(17)21(25)15-22(28)24-19-9-4-5-10-20(19)26-13-6-11-23(26)29/h2-5,7-10,12,14,21H,6,11,13,15H2,1H3,(H,24,28)/t21-/m1/s1. The van der Waals surface area contributed by atoms with Gasteiger partial charge in [0.25, 0.3) is 0 Å². The van der Waals surface area contributed by atoms with E-state index in [0.29, 0.717) is 18.7 Å². The lowest BCUT2D eigenvalue weighted by atomic mass is 9.93. The summed E-state index contributed by atoms with van der Waals surface area (Å²) in [5.74, 6) is -0.247. The van der Waals surface area contributed by atoms with Crippen LogP contribution in [0.2, 0.25) is 0 Å². The predicted molar refractivity (Wildman–Crippen MR) is 112 cm³/mol. The van der Waals surface area contributed by atoms with Gasteiger partial charge in [0.05, 0.1) is 23.8 Å². The highest BCUT2D eigenvalue weighted by atomic mass is 16.2. The van der Waals surface area contributed by atoms with E-state index in [-0.39, 0.29) is 30.2 Å². The summed E-state index contributed by atoms with van der Waals surface area (Å²) in [7, 11) is 0. The minimum Gasteiger partial charge on any atom is -0.324 e. The highest BCUT2D eigenvalue weighted by Crippen LogP contribution is 2.34. The van der Waals surface area contributed by atoms with E-state index in [1.54, 1.807) is 22.1 Å². The van der Waals surface area contributed by atoms with Gasteiger partial charge in [0.15, 0.2) is 0 Å². The third-order valence-electron chi connectivity index (χ3n) is 5.39. The fourth-order valence-electron chi connectivity index (χ4n) is 4.01. The fraction of sp³-hybridized carbons (Fsp3) is 0.261. The third-order valence-corrected chi connectivity index (χ3v) is 5.39.